The van der Waals surface area contributed by atoms with Crippen LogP contribution in [0.25, 0.3) is 0 Å². The lowest BCUT2D eigenvalue weighted by atomic mass is 10.2. The van der Waals surface area contributed by atoms with E-state index in [1.807, 2.05) is 6.92 Å². The highest BCUT2D eigenvalue weighted by atomic mass is 13.8. The molecule has 0 aromatic carbocycles. The van der Waals surface area contributed by atoms with Crippen LogP contribution in [0.1, 0.15) is 26.7 Å². The minimum atomic E-state index is 0.0107. The molecular weight excluding hydrogens is 108 g/mol. The SMILES string of the molecule is [C]#CC(C)C#CCCC. The van der Waals surface area contributed by atoms with Crippen molar-refractivity contribution in [2.45, 2.75) is 26.7 Å². The van der Waals surface area contributed by atoms with E-state index in [1.165, 1.54) is 0 Å². The van der Waals surface area contributed by atoms with Crippen LogP contribution in [0.3, 0.4) is 0 Å². The Morgan fingerprint density at radius 1 is 1.56 bits per heavy atom. The fourth-order valence-electron chi connectivity index (χ4n) is 0.386. The normalized spacial score (nSPS) is 10.8. The third-order valence-electron chi connectivity index (χ3n) is 0.910. The molecule has 0 saturated heterocycles. The van der Waals surface area contributed by atoms with Gasteiger partial charge in [-0.25, -0.2) is 0 Å². The Balaban J connectivity index is 3.49. The Hall–Kier alpha value is -0.880. The third-order valence-corrected chi connectivity index (χ3v) is 0.910. The van der Waals surface area contributed by atoms with Gasteiger partial charge in [0.25, 0.3) is 0 Å². The van der Waals surface area contributed by atoms with Crippen molar-refractivity contribution in [2.24, 2.45) is 5.92 Å². The summed E-state index contributed by atoms with van der Waals surface area (Å²) in [5.74, 6) is 8.15. The van der Waals surface area contributed by atoms with Crippen LogP contribution in [0.4, 0.5) is 0 Å². The molecule has 47 valence electrons. The van der Waals surface area contributed by atoms with Crippen LogP contribution in [-0.2, 0) is 0 Å². The van der Waals surface area contributed by atoms with E-state index in [0.29, 0.717) is 0 Å². The first-order chi connectivity index (χ1) is 4.31. The van der Waals surface area contributed by atoms with Crippen LogP contribution in [0.5, 0.6) is 0 Å². The molecule has 0 aromatic rings. The van der Waals surface area contributed by atoms with Crippen molar-refractivity contribution in [3.8, 4) is 17.8 Å². The summed E-state index contributed by atoms with van der Waals surface area (Å²) >= 11 is 0. The number of hydrogen-bond donors (Lipinski definition) is 0. The van der Waals surface area contributed by atoms with Crippen molar-refractivity contribution in [2.75, 3.05) is 0 Å². The first-order valence-electron chi connectivity index (χ1n) is 3.22. The zero-order chi connectivity index (χ0) is 7.11. The quantitative estimate of drug-likeness (QED) is 0.463. The summed E-state index contributed by atoms with van der Waals surface area (Å²) in [6.07, 6.45) is 8.72. The summed E-state index contributed by atoms with van der Waals surface area (Å²) in [5, 5.41) is 0. The first-order valence-corrected chi connectivity index (χ1v) is 3.22. The van der Waals surface area contributed by atoms with E-state index in [-0.39, 0.29) is 5.92 Å². The fraction of sp³-hybridized carbons (Fsp3) is 0.556. The number of hydrogen-bond acceptors (Lipinski definition) is 0. The average molecular weight is 119 g/mol. The van der Waals surface area contributed by atoms with E-state index in [2.05, 4.69) is 24.7 Å². The van der Waals surface area contributed by atoms with Crippen LogP contribution in [0, 0.1) is 30.1 Å². The summed E-state index contributed by atoms with van der Waals surface area (Å²) in [5.41, 5.74) is 0. The van der Waals surface area contributed by atoms with Gasteiger partial charge >= 0.3 is 0 Å². The first kappa shape index (κ1) is 8.12. The molecule has 0 nitrogen and oxygen atoms in total. The lowest BCUT2D eigenvalue weighted by Crippen LogP contribution is -1.80. The monoisotopic (exact) mass is 119 g/mol. The van der Waals surface area contributed by atoms with Gasteiger partial charge in [0.05, 0.1) is 5.92 Å². The van der Waals surface area contributed by atoms with E-state index < -0.39 is 0 Å². The molecule has 0 saturated carbocycles. The van der Waals surface area contributed by atoms with E-state index in [4.69, 9.17) is 6.42 Å². The van der Waals surface area contributed by atoms with Gasteiger partial charge < -0.3 is 0 Å². The topological polar surface area (TPSA) is 0 Å². The van der Waals surface area contributed by atoms with E-state index in [9.17, 15) is 0 Å². The standard InChI is InChI=1S/C9H11/c1-4-6-7-8-9(3)5-2/h9H,4,6H2,1,3H3. The molecule has 1 unspecified atom stereocenters. The van der Waals surface area contributed by atoms with Crippen molar-refractivity contribution in [3.63, 3.8) is 0 Å². The molecule has 1 atom stereocenters. The van der Waals surface area contributed by atoms with Crippen LogP contribution in [-0.4, -0.2) is 0 Å². The van der Waals surface area contributed by atoms with E-state index >= 15 is 0 Å². The van der Waals surface area contributed by atoms with Crippen molar-refractivity contribution in [1.82, 2.24) is 0 Å². The molecule has 0 aliphatic heterocycles. The maximum Gasteiger partial charge on any atom is 0.0793 e. The van der Waals surface area contributed by atoms with Crippen molar-refractivity contribution >= 4 is 0 Å². The predicted molar refractivity (Wildman–Crippen MR) is 39.0 cm³/mol. The molecule has 0 N–H and O–H groups in total. The van der Waals surface area contributed by atoms with Crippen molar-refractivity contribution < 1.29 is 0 Å². The third kappa shape index (κ3) is 4.98. The molecule has 0 aliphatic carbocycles. The number of rotatable bonds is 1. The molecule has 0 rings (SSSR count). The van der Waals surface area contributed by atoms with Gasteiger partial charge in [0.1, 0.15) is 0 Å². The van der Waals surface area contributed by atoms with Gasteiger partial charge in [-0.2, -0.15) is 0 Å². The second-order valence-corrected chi connectivity index (χ2v) is 1.94. The average Bonchev–Trinajstić information content (AvgIpc) is 1.89. The highest BCUT2D eigenvalue weighted by Crippen LogP contribution is 1.88. The Bertz CT molecular complexity index is 149. The predicted octanol–water partition coefficient (Wildman–Crippen LogP) is 2.02. The molecule has 0 heterocycles. The van der Waals surface area contributed by atoms with Crippen LogP contribution in [0.2, 0.25) is 0 Å². The van der Waals surface area contributed by atoms with Crippen molar-refractivity contribution in [3.05, 3.63) is 6.42 Å². The van der Waals surface area contributed by atoms with Crippen LogP contribution >= 0.6 is 0 Å². The lowest BCUT2D eigenvalue weighted by Gasteiger charge is -1.85. The molecule has 1 radical (unpaired) electrons. The van der Waals surface area contributed by atoms with Crippen LogP contribution < -0.4 is 0 Å². The minimum Gasteiger partial charge on any atom is -0.102 e. The highest BCUT2D eigenvalue weighted by Gasteiger charge is 1.83. The summed E-state index contributed by atoms with van der Waals surface area (Å²) < 4.78 is 0. The molecule has 0 bridgehead atoms. The molecule has 0 fully saturated rings. The van der Waals surface area contributed by atoms with E-state index in [0.717, 1.165) is 12.8 Å². The Morgan fingerprint density at radius 3 is 2.67 bits per heavy atom. The summed E-state index contributed by atoms with van der Waals surface area (Å²) in [6, 6.07) is 0. The maximum absolute atomic E-state index is 6.69. The maximum atomic E-state index is 6.69. The number of unbranched alkanes of at least 4 members (excludes halogenated alkanes) is 1. The molecule has 0 heteroatoms. The summed E-state index contributed by atoms with van der Waals surface area (Å²) in [6.45, 7) is 3.96. The fourth-order valence-corrected chi connectivity index (χ4v) is 0.386. The van der Waals surface area contributed by atoms with Gasteiger partial charge in [0, 0.05) is 6.42 Å². The second kappa shape index (κ2) is 5.26. The Morgan fingerprint density at radius 2 is 2.22 bits per heavy atom. The minimum absolute atomic E-state index is 0.0107. The molecule has 0 aromatic heterocycles. The molecule has 0 amide bonds. The van der Waals surface area contributed by atoms with Gasteiger partial charge in [-0.1, -0.05) is 18.8 Å². The summed E-state index contributed by atoms with van der Waals surface area (Å²) in [7, 11) is 0. The van der Waals surface area contributed by atoms with Gasteiger partial charge in [0.2, 0.25) is 0 Å². The van der Waals surface area contributed by atoms with Crippen LogP contribution in [0.15, 0.2) is 0 Å². The Kier molecular flexibility index (Phi) is 4.75. The smallest absolute Gasteiger partial charge is 0.0793 e. The second-order valence-electron chi connectivity index (χ2n) is 1.94. The zero-order valence-electron chi connectivity index (χ0n) is 5.99. The zero-order valence-corrected chi connectivity index (χ0v) is 5.99. The molecule has 0 spiro atoms. The Labute approximate surface area is 57.7 Å². The lowest BCUT2D eigenvalue weighted by molar-refractivity contribution is 0.968. The molecular formula is C9H11. The largest absolute Gasteiger partial charge is 0.102 e. The van der Waals surface area contributed by atoms with Gasteiger partial charge in [-0.3, -0.25) is 0 Å². The molecule has 9 heavy (non-hydrogen) atoms. The summed E-state index contributed by atoms with van der Waals surface area (Å²) in [4.78, 5) is 0. The van der Waals surface area contributed by atoms with E-state index in [1.54, 1.807) is 0 Å². The highest BCUT2D eigenvalue weighted by molar-refractivity contribution is 5.10. The van der Waals surface area contributed by atoms with Gasteiger partial charge in [0.15, 0.2) is 0 Å². The van der Waals surface area contributed by atoms with Gasteiger partial charge in [-0.05, 0) is 19.8 Å². The molecule has 0 aliphatic rings. The van der Waals surface area contributed by atoms with Gasteiger partial charge in [-0.15, -0.1) is 5.92 Å². The van der Waals surface area contributed by atoms with Crippen molar-refractivity contribution in [1.29, 1.82) is 0 Å².